The zero-order valence-corrected chi connectivity index (χ0v) is 11.6. The second-order valence-electron chi connectivity index (χ2n) is 5.01. The topological polar surface area (TPSA) is 88.4 Å². The van der Waals surface area contributed by atoms with Gasteiger partial charge in [-0.1, -0.05) is 0 Å². The smallest absolute Gasteiger partial charge is 0.277 e. The molecule has 0 aliphatic carbocycles. The highest BCUT2D eigenvalue weighted by atomic mass is 16.6. The summed E-state index contributed by atoms with van der Waals surface area (Å²) in [6, 6.07) is 0.922. The van der Waals surface area contributed by atoms with Crippen LogP contribution < -0.4 is 5.32 Å². The summed E-state index contributed by atoms with van der Waals surface area (Å²) < 4.78 is 0. The van der Waals surface area contributed by atoms with E-state index in [0.717, 1.165) is 25.9 Å². The molecule has 1 atom stereocenters. The van der Waals surface area contributed by atoms with Crippen molar-refractivity contribution < 1.29 is 9.72 Å². The maximum absolute atomic E-state index is 12.1. The minimum Gasteiger partial charge on any atom is -0.358 e. The Hall–Kier alpha value is -2.18. The van der Waals surface area contributed by atoms with E-state index >= 15 is 0 Å². The van der Waals surface area contributed by atoms with E-state index in [4.69, 9.17) is 0 Å². The van der Waals surface area contributed by atoms with Gasteiger partial charge in [-0.05, 0) is 26.7 Å². The molecule has 2 rings (SSSR count). The van der Waals surface area contributed by atoms with Crippen LogP contribution in [-0.2, 0) is 4.79 Å². The average molecular weight is 278 g/mol. The largest absolute Gasteiger partial charge is 0.358 e. The Kier molecular flexibility index (Phi) is 4.16. The van der Waals surface area contributed by atoms with Gasteiger partial charge in [-0.3, -0.25) is 14.9 Å². The Morgan fingerprint density at radius 1 is 1.50 bits per heavy atom. The molecule has 7 heteroatoms. The van der Waals surface area contributed by atoms with E-state index in [1.807, 2.05) is 0 Å². The summed E-state index contributed by atoms with van der Waals surface area (Å²) in [5.41, 5.74) is 0.502. The third-order valence-electron chi connectivity index (χ3n) is 3.42. The van der Waals surface area contributed by atoms with Crippen molar-refractivity contribution in [1.29, 1.82) is 0 Å². The first kappa shape index (κ1) is 14.2. The van der Waals surface area contributed by atoms with Gasteiger partial charge in [0, 0.05) is 24.8 Å². The lowest BCUT2D eigenvalue weighted by Gasteiger charge is -2.21. The molecule has 0 saturated carbocycles. The molecule has 1 saturated heterocycles. The molecule has 0 spiro atoms. The summed E-state index contributed by atoms with van der Waals surface area (Å²) in [7, 11) is 0. The summed E-state index contributed by atoms with van der Waals surface area (Å²) in [5, 5.41) is 13.8. The van der Waals surface area contributed by atoms with Crippen LogP contribution in [0.25, 0.3) is 0 Å². The number of amides is 1. The molecule has 7 nitrogen and oxygen atoms in total. The van der Waals surface area contributed by atoms with Gasteiger partial charge in [-0.25, -0.2) is 4.98 Å². The van der Waals surface area contributed by atoms with Crippen molar-refractivity contribution in [2.24, 2.45) is 0 Å². The number of carbonyl (C=O) groups excluding carboxylic acids is 1. The first-order chi connectivity index (χ1) is 9.49. The third kappa shape index (κ3) is 3.04. The summed E-state index contributed by atoms with van der Waals surface area (Å²) in [5.74, 6) is 0.356. The molecule has 1 fully saturated rings. The lowest BCUT2D eigenvalue weighted by atomic mass is 10.2. The van der Waals surface area contributed by atoms with Crippen molar-refractivity contribution in [3.05, 3.63) is 27.9 Å². The fraction of sp³-hybridized carbons (Fsp3) is 0.538. The van der Waals surface area contributed by atoms with E-state index in [1.165, 1.54) is 12.3 Å². The molecule has 0 radical (unpaired) electrons. The van der Waals surface area contributed by atoms with Crippen LogP contribution in [0.3, 0.4) is 0 Å². The van der Waals surface area contributed by atoms with Gasteiger partial charge in [0.05, 0.1) is 11.0 Å². The SMILES string of the molecule is Cc1cnc(NC(C)C(=O)N2CCCC2)cc1[N+](=O)[O-]. The monoisotopic (exact) mass is 278 g/mol. The fourth-order valence-corrected chi connectivity index (χ4v) is 2.28. The van der Waals surface area contributed by atoms with Crippen molar-refractivity contribution in [2.75, 3.05) is 18.4 Å². The molecule has 0 bridgehead atoms. The van der Waals surface area contributed by atoms with Crippen LogP contribution in [0.5, 0.6) is 0 Å². The van der Waals surface area contributed by atoms with Crippen molar-refractivity contribution in [1.82, 2.24) is 9.88 Å². The summed E-state index contributed by atoms with van der Waals surface area (Å²) in [6.07, 6.45) is 3.51. The van der Waals surface area contributed by atoms with Gasteiger partial charge in [0.15, 0.2) is 0 Å². The predicted molar refractivity (Wildman–Crippen MR) is 74.5 cm³/mol. The molecule has 1 aromatic heterocycles. The molecule has 108 valence electrons. The maximum Gasteiger partial charge on any atom is 0.277 e. The Balaban J connectivity index is 2.07. The molecule has 1 N–H and O–H groups in total. The maximum atomic E-state index is 12.1. The minimum absolute atomic E-state index is 0.00308. The summed E-state index contributed by atoms with van der Waals surface area (Å²) in [4.78, 5) is 28.5. The molecule has 1 aliphatic heterocycles. The summed E-state index contributed by atoms with van der Waals surface area (Å²) in [6.45, 7) is 4.94. The second-order valence-corrected chi connectivity index (χ2v) is 5.01. The molecular formula is C13H18N4O3. The fourth-order valence-electron chi connectivity index (χ4n) is 2.28. The zero-order valence-electron chi connectivity index (χ0n) is 11.6. The minimum atomic E-state index is -0.449. The molecule has 1 amide bonds. The van der Waals surface area contributed by atoms with Crippen LogP contribution in [0.4, 0.5) is 11.5 Å². The number of rotatable bonds is 4. The number of carbonyl (C=O) groups is 1. The molecule has 0 aromatic carbocycles. The molecule has 2 heterocycles. The second kappa shape index (κ2) is 5.85. The van der Waals surface area contributed by atoms with Crippen LogP contribution >= 0.6 is 0 Å². The number of anilines is 1. The molecule has 1 aromatic rings. The van der Waals surface area contributed by atoms with Crippen molar-refractivity contribution in [3.8, 4) is 0 Å². The molecular weight excluding hydrogens is 260 g/mol. The number of hydrogen-bond donors (Lipinski definition) is 1. The normalized spacial score (nSPS) is 16.0. The Morgan fingerprint density at radius 3 is 2.75 bits per heavy atom. The summed E-state index contributed by atoms with van der Waals surface area (Å²) >= 11 is 0. The van der Waals surface area contributed by atoms with Crippen LogP contribution in [0.2, 0.25) is 0 Å². The number of aryl methyl sites for hydroxylation is 1. The van der Waals surface area contributed by atoms with Gasteiger partial charge in [-0.15, -0.1) is 0 Å². The Bertz CT molecular complexity index is 526. The number of hydrogen-bond acceptors (Lipinski definition) is 5. The van der Waals surface area contributed by atoms with Crippen LogP contribution in [0.15, 0.2) is 12.3 Å². The lowest BCUT2D eigenvalue weighted by molar-refractivity contribution is -0.385. The highest BCUT2D eigenvalue weighted by Gasteiger charge is 2.23. The van der Waals surface area contributed by atoms with E-state index in [1.54, 1.807) is 18.7 Å². The van der Waals surface area contributed by atoms with Crippen LogP contribution in [0.1, 0.15) is 25.3 Å². The first-order valence-corrected chi connectivity index (χ1v) is 6.65. The van der Waals surface area contributed by atoms with E-state index in [-0.39, 0.29) is 11.6 Å². The number of aromatic nitrogens is 1. The zero-order chi connectivity index (χ0) is 14.7. The molecule has 20 heavy (non-hydrogen) atoms. The lowest BCUT2D eigenvalue weighted by Crippen LogP contribution is -2.39. The number of nitrogens with one attached hydrogen (secondary N) is 1. The Morgan fingerprint density at radius 2 is 2.15 bits per heavy atom. The first-order valence-electron chi connectivity index (χ1n) is 6.65. The van der Waals surface area contributed by atoms with E-state index < -0.39 is 11.0 Å². The van der Waals surface area contributed by atoms with Gasteiger partial charge in [0.25, 0.3) is 5.69 Å². The van der Waals surface area contributed by atoms with E-state index in [9.17, 15) is 14.9 Å². The van der Waals surface area contributed by atoms with E-state index in [2.05, 4.69) is 10.3 Å². The van der Waals surface area contributed by atoms with Crippen LogP contribution in [0, 0.1) is 17.0 Å². The average Bonchev–Trinajstić information content (AvgIpc) is 2.93. The number of nitrogens with zero attached hydrogens (tertiary/aromatic N) is 3. The molecule has 1 aliphatic rings. The van der Waals surface area contributed by atoms with Crippen molar-refractivity contribution in [2.45, 2.75) is 32.7 Å². The predicted octanol–water partition coefficient (Wildman–Crippen LogP) is 1.72. The number of pyridine rings is 1. The third-order valence-corrected chi connectivity index (χ3v) is 3.42. The van der Waals surface area contributed by atoms with Gasteiger partial charge in [0.1, 0.15) is 11.9 Å². The Labute approximate surface area is 117 Å². The van der Waals surface area contributed by atoms with Gasteiger partial charge >= 0.3 is 0 Å². The highest BCUT2D eigenvalue weighted by Crippen LogP contribution is 2.20. The quantitative estimate of drug-likeness (QED) is 0.669. The van der Waals surface area contributed by atoms with E-state index in [0.29, 0.717) is 11.4 Å². The van der Waals surface area contributed by atoms with Gasteiger partial charge < -0.3 is 10.2 Å². The number of likely N-dealkylation sites (tertiary alicyclic amines) is 1. The van der Waals surface area contributed by atoms with Crippen molar-refractivity contribution >= 4 is 17.4 Å². The van der Waals surface area contributed by atoms with Crippen molar-refractivity contribution in [3.63, 3.8) is 0 Å². The van der Waals surface area contributed by atoms with Crippen LogP contribution in [-0.4, -0.2) is 39.8 Å². The number of nitro groups is 1. The van der Waals surface area contributed by atoms with Gasteiger partial charge in [0.2, 0.25) is 5.91 Å². The standard InChI is InChI=1S/C13H18N4O3/c1-9-8-14-12(7-11(9)17(19)20)15-10(2)13(18)16-5-3-4-6-16/h7-8,10H,3-6H2,1-2H3,(H,14,15). The molecule has 1 unspecified atom stereocenters. The highest BCUT2D eigenvalue weighted by molar-refractivity contribution is 5.84. The van der Waals surface area contributed by atoms with Gasteiger partial charge in [-0.2, -0.15) is 0 Å².